The molecule has 1 N–H and O–H groups in total. The Kier molecular flexibility index (Phi) is 5.15. The Morgan fingerprint density at radius 3 is 2.41 bits per heavy atom. The zero-order chi connectivity index (χ0) is 16.2. The summed E-state index contributed by atoms with van der Waals surface area (Å²) in [6, 6.07) is 12.2. The van der Waals surface area contributed by atoms with Gasteiger partial charge in [0, 0.05) is 11.6 Å². The summed E-state index contributed by atoms with van der Waals surface area (Å²) in [5.74, 6) is 0.0308. The lowest BCUT2D eigenvalue weighted by Gasteiger charge is -2.17. The van der Waals surface area contributed by atoms with Gasteiger partial charge in [-0.1, -0.05) is 30.3 Å². The quantitative estimate of drug-likeness (QED) is 0.889. The van der Waals surface area contributed by atoms with Gasteiger partial charge >= 0.3 is 0 Å². The van der Waals surface area contributed by atoms with Gasteiger partial charge in [0.15, 0.2) is 0 Å². The Hall–Kier alpha value is -1.92. The van der Waals surface area contributed by atoms with Crippen molar-refractivity contribution in [1.82, 2.24) is 4.72 Å². The first-order chi connectivity index (χ1) is 10.4. The molecule has 0 aliphatic rings. The second-order valence-corrected chi connectivity index (χ2v) is 6.72. The van der Waals surface area contributed by atoms with Crippen molar-refractivity contribution in [1.29, 1.82) is 0 Å². The lowest BCUT2D eigenvalue weighted by Crippen LogP contribution is -2.28. The summed E-state index contributed by atoms with van der Waals surface area (Å²) in [5.41, 5.74) is 1.29. The highest BCUT2D eigenvalue weighted by molar-refractivity contribution is 7.88. The van der Waals surface area contributed by atoms with Crippen LogP contribution in [0.5, 0.6) is 5.75 Å². The monoisotopic (exact) mass is 323 g/mol. The molecule has 4 nitrogen and oxygen atoms in total. The van der Waals surface area contributed by atoms with Crippen molar-refractivity contribution in [3.8, 4) is 5.75 Å². The van der Waals surface area contributed by atoms with Crippen LogP contribution < -0.4 is 9.46 Å². The van der Waals surface area contributed by atoms with Crippen molar-refractivity contribution < 1.29 is 17.5 Å². The van der Waals surface area contributed by atoms with Gasteiger partial charge in [0.2, 0.25) is 10.0 Å². The van der Waals surface area contributed by atoms with E-state index in [-0.39, 0.29) is 5.75 Å². The number of halogens is 1. The van der Waals surface area contributed by atoms with Gasteiger partial charge in [0.05, 0.1) is 12.9 Å². The third-order valence-corrected chi connectivity index (χ3v) is 4.66. The minimum Gasteiger partial charge on any atom is -0.496 e. The molecule has 1 atom stereocenters. The van der Waals surface area contributed by atoms with Gasteiger partial charge in [-0.25, -0.2) is 17.5 Å². The number of hydrogen-bond acceptors (Lipinski definition) is 3. The predicted octanol–water partition coefficient (Wildman–Crippen LogP) is 3.01. The van der Waals surface area contributed by atoms with Gasteiger partial charge in [-0.3, -0.25) is 0 Å². The molecule has 0 unspecified atom stereocenters. The number of nitrogens with one attached hydrogen (secondary N) is 1. The fourth-order valence-corrected chi connectivity index (χ4v) is 3.58. The minimum absolute atomic E-state index is 0.202. The Morgan fingerprint density at radius 1 is 1.14 bits per heavy atom. The highest BCUT2D eigenvalue weighted by Crippen LogP contribution is 2.25. The number of benzene rings is 2. The molecule has 0 saturated heterocycles. The van der Waals surface area contributed by atoms with E-state index in [0.29, 0.717) is 11.3 Å². The summed E-state index contributed by atoms with van der Waals surface area (Å²) in [6.45, 7) is 1.75. The maximum Gasteiger partial charge on any atom is 0.216 e. The highest BCUT2D eigenvalue weighted by Gasteiger charge is 2.18. The second-order valence-electron chi connectivity index (χ2n) is 4.97. The number of hydrogen-bond donors (Lipinski definition) is 1. The second kappa shape index (κ2) is 6.89. The Morgan fingerprint density at radius 2 is 1.77 bits per heavy atom. The lowest BCUT2D eigenvalue weighted by atomic mass is 10.1. The van der Waals surface area contributed by atoms with Crippen molar-refractivity contribution in [3.05, 3.63) is 65.5 Å². The van der Waals surface area contributed by atoms with E-state index < -0.39 is 21.9 Å². The van der Waals surface area contributed by atoms with Crippen LogP contribution >= 0.6 is 0 Å². The molecule has 0 aromatic heterocycles. The van der Waals surface area contributed by atoms with Crippen LogP contribution in [0.15, 0.2) is 48.5 Å². The maximum atomic E-state index is 12.9. The molecule has 6 heteroatoms. The van der Waals surface area contributed by atoms with E-state index in [1.54, 1.807) is 20.1 Å². The number of rotatable bonds is 6. The van der Waals surface area contributed by atoms with Crippen molar-refractivity contribution in [2.45, 2.75) is 18.7 Å². The van der Waals surface area contributed by atoms with Gasteiger partial charge < -0.3 is 4.74 Å². The molecule has 0 heterocycles. The number of methoxy groups -OCH3 is 1. The largest absolute Gasteiger partial charge is 0.496 e. The molecule has 0 bridgehead atoms. The van der Waals surface area contributed by atoms with Crippen LogP contribution in [-0.4, -0.2) is 15.5 Å². The molecule has 0 spiro atoms. The third kappa shape index (κ3) is 4.29. The topological polar surface area (TPSA) is 55.4 Å². The van der Waals surface area contributed by atoms with E-state index in [1.807, 2.05) is 18.2 Å². The normalized spacial score (nSPS) is 12.9. The average molecular weight is 323 g/mol. The molecule has 2 rings (SSSR count). The smallest absolute Gasteiger partial charge is 0.216 e. The minimum atomic E-state index is -3.55. The van der Waals surface area contributed by atoms with Gasteiger partial charge in [-0.15, -0.1) is 0 Å². The molecular weight excluding hydrogens is 305 g/mol. The van der Waals surface area contributed by atoms with Crippen LogP contribution in [0.4, 0.5) is 4.39 Å². The van der Waals surface area contributed by atoms with Crippen LogP contribution in [0.2, 0.25) is 0 Å². The van der Waals surface area contributed by atoms with E-state index >= 15 is 0 Å². The number of ether oxygens (including phenoxy) is 1. The zero-order valence-corrected chi connectivity index (χ0v) is 13.2. The molecule has 0 aliphatic carbocycles. The van der Waals surface area contributed by atoms with Crippen molar-refractivity contribution >= 4 is 10.0 Å². The van der Waals surface area contributed by atoms with Gasteiger partial charge in [-0.2, -0.15) is 0 Å². The van der Waals surface area contributed by atoms with E-state index in [1.165, 1.54) is 24.3 Å². The SMILES string of the molecule is COc1ccccc1[C@@H](C)NS(=O)(=O)Cc1ccc(F)cc1. The molecule has 0 fully saturated rings. The van der Waals surface area contributed by atoms with Crippen LogP contribution in [-0.2, 0) is 15.8 Å². The third-order valence-electron chi connectivity index (χ3n) is 3.23. The molecule has 0 amide bonds. The van der Waals surface area contributed by atoms with Gasteiger partial charge in [0.25, 0.3) is 0 Å². The summed E-state index contributed by atoms with van der Waals surface area (Å²) in [4.78, 5) is 0. The highest BCUT2D eigenvalue weighted by atomic mass is 32.2. The maximum absolute atomic E-state index is 12.9. The van der Waals surface area contributed by atoms with Crippen LogP contribution in [0.1, 0.15) is 24.1 Å². The van der Waals surface area contributed by atoms with Crippen molar-refractivity contribution in [3.63, 3.8) is 0 Å². The summed E-state index contributed by atoms with van der Waals surface area (Å²) in [5, 5.41) is 0. The summed E-state index contributed by atoms with van der Waals surface area (Å²) in [6.07, 6.45) is 0. The Labute approximate surface area is 130 Å². The molecule has 2 aromatic carbocycles. The molecule has 0 aliphatic heterocycles. The average Bonchev–Trinajstić information content (AvgIpc) is 2.48. The standard InChI is InChI=1S/C16H18FNO3S/c1-12(15-5-3-4-6-16(15)21-2)18-22(19,20)11-13-7-9-14(17)10-8-13/h3-10,12,18H,11H2,1-2H3/t12-/m1/s1. The lowest BCUT2D eigenvalue weighted by molar-refractivity contribution is 0.405. The van der Waals surface area contributed by atoms with Crippen LogP contribution in [0, 0.1) is 5.82 Å². The van der Waals surface area contributed by atoms with E-state index in [0.717, 1.165) is 5.56 Å². The molecule has 2 aromatic rings. The van der Waals surface area contributed by atoms with E-state index in [4.69, 9.17) is 4.74 Å². The van der Waals surface area contributed by atoms with E-state index in [9.17, 15) is 12.8 Å². The molecule has 0 saturated carbocycles. The van der Waals surface area contributed by atoms with Crippen molar-refractivity contribution in [2.75, 3.05) is 7.11 Å². The first-order valence-electron chi connectivity index (χ1n) is 6.78. The van der Waals surface area contributed by atoms with Crippen molar-refractivity contribution in [2.24, 2.45) is 0 Å². The predicted molar refractivity (Wildman–Crippen MR) is 83.6 cm³/mol. The fourth-order valence-electron chi connectivity index (χ4n) is 2.20. The fraction of sp³-hybridized carbons (Fsp3) is 0.250. The number of para-hydroxylation sites is 1. The number of sulfonamides is 1. The van der Waals surface area contributed by atoms with Crippen LogP contribution in [0.3, 0.4) is 0 Å². The van der Waals surface area contributed by atoms with Crippen LogP contribution in [0.25, 0.3) is 0 Å². The Bertz CT molecular complexity index is 729. The summed E-state index contributed by atoms with van der Waals surface area (Å²) >= 11 is 0. The van der Waals surface area contributed by atoms with Gasteiger partial charge in [0.1, 0.15) is 11.6 Å². The molecule has 118 valence electrons. The van der Waals surface area contributed by atoms with E-state index in [2.05, 4.69) is 4.72 Å². The first-order valence-corrected chi connectivity index (χ1v) is 8.44. The zero-order valence-electron chi connectivity index (χ0n) is 12.4. The molecular formula is C16H18FNO3S. The van der Waals surface area contributed by atoms with Gasteiger partial charge in [-0.05, 0) is 30.7 Å². The summed E-state index contributed by atoms with van der Waals surface area (Å²) in [7, 11) is -2.01. The molecule has 0 radical (unpaired) electrons. The summed E-state index contributed by atoms with van der Waals surface area (Å²) < 4.78 is 45.1. The Balaban J connectivity index is 2.12. The first kappa shape index (κ1) is 16.5. The molecule has 22 heavy (non-hydrogen) atoms.